The highest BCUT2D eigenvalue weighted by molar-refractivity contribution is 7.99. The summed E-state index contributed by atoms with van der Waals surface area (Å²) in [5.74, 6) is -0.236. The zero-order valence-electron chi connectivity index (χ0n) is 21.2. The van der Waals surface area contributed by atoms with Gasteiger partial charge in [-0.1, -0.05) is 66.4 Å². The molecule has 2 aromatic heterocycles. The van der Waals surface area contributed by atoms with E-state index in [-0.39, 0.29) is 17.2 Å². The predicted octanol–water partition coefficient (Wildman–Crippen LogP) is 5.76. The summed E-state index contributed by atoms with van der Waals surface area (Å²) in [6, 6.07) is 31.1. The van der Waals surface area contributed by atoms with Crippen molar-refractivity contribution in [3.05, 3.63) is 113 Å². The molecule has 6 aromatic rings. The molecule has 0 spiro atoms. The van der Waals surface area contributed by atoms with E-state index in [1.54, 1.807) is 22.9 Å². The van der Waals surface area contributed by atoms with E-state index in [2.05, 4.69) is 57.3 Å². The highest BCUT2D eigenvalue weighted by atomic mass is 32.2. The van der Waals surface area contributed by atoms with Crippen LogP contribution in [0.4, 0.5) is 0 Å². The number of hydrogen-bond acceptors (Lipinski definition) is 5. The smallest absolute Gasteiger partial charge is 0.266 e. The maximum atomic E-state index is 13.3. The van der Waals surface area contributed by atoms with E-state index >= 15 is 0 Å². The van der Waals surface area contributed by atoms with Crippen LogP contribution in [-0.4, -0.2) is 32.0 Å². The van der Waals surface area contributed by atoms with Crippen molar-refractivity contribution in [2.75, 3.05) is 5.75 Å². The van der Waals surface area contributed by atoms with Crippen LogP contribution >= 0.6 is 11.8 Å². The fourth-order valence-corrected chi connectivity index (χ4v) is 5.65. The molecular formula is C31H25N5O2S. The molecule has 0 saturated carbocycles. The minimum atomic E-state index is -0.290. The van der Waals surface area contributed by atoms with Crippen molar-refractivity contribution in [3.63, 3.8) is 0 Å². The molecule has 0 fully saturated rings. The third-order valence-corrected chi connectivity index (χ3v) is 7.55. The molecule has 39 heavy (non-hydrogen) atoms. The molecule has 0 aliphatic heterocycles. The predicted molar refractivity (Wildman–Crippen MR) is 159 cm³/mol. The van der Waals surface area contributed by atoms with Gasteiger partial charge in [-0.3, -0.25) is 14.2 Å². The minimum Gasteiger partial charge on any atom is -0.341 e. The molecule has 4 aromatic carbocycles. The Labute approximate surface area is 228 Å². The molecule has 0 bridgehead atoms. The molecule has 6 rings (SSSR count). The number of fused-ring (bicyclic) bond motifs is 4. The first-order valence-electron chi connectivity index (χ1n) is 12.7. The molecule has 7 nitrogen and oxygen atoms in total. The van der Waals surface area contributed by atoms with Crippen molar-refractivity contribution in [1.29, 1.82) is 0 Å². The van der Waals surface area contributed by atoms with Crippen LogP contribution in [0.25, 0.3) is 38.4 Å². The molecule has 0 unspecified atom stereocenters. The lowest BCUT2D eigenvalue weighted by atomic mass is 10.1. The van der Waals surface area contributed by atoms with E-state index in [4.69, 9.17) is 0 Å². The Morgan fingerprint density at radius 2 is 1.62 bits per heavy atom. The summed E-state index contributed by atoms with van der Waals surface area (Å²) in [5, 5.41) is 7.50. The number of carbonyl (C=O) groups is 1. The van der Waals surface area contributed by atoms with E-state index < -0.39 is 0 Å². The summed E-state index contributed by atoms with van der Waals surface area (Å²) in [7, 11) is 0. The molecular weight excluding hydrogens is 506 g/mol. The van der Waals surface area contributed by atoms with E-state index in [1.807, 2.05) is 54.6 Å². The fraction of sp³-hybridized carbons (Fsp3) is 0.0968. The number of hydrazone groups is 1. The van der Waals surface area contributed by atoms with Crippen molar-refractivity contribution >= 4 is 56.6 Å². The van der Waals surface area contributed by atoms with Crippen molar-refractivity contribution in [3.8, 4) is 5.69 Å². The lowest BCUT2D eigenvalue weighted by molar-refractivity contribution is -0.118. The molecule has 192 valence electrons. The van der Waals surface area contributed by atoms with Crippen LogP contribution in [0.15, 0.2) is 112 Å². The molecule has 8 heteroatoms. The number of para-hydroxylation sites is 3. The summed E-state index contributed by atoms with van der Waals surface area (Å²) in [6.07, 6.45) is 1.65. The van der Waals surface area contributed by atoms with Gasteiger partial charge >= 0.3 is 0 Å². The van der Waals surface area contributed by atoms with Gasteiger partial charge in [-0.05, 0) is 55.0 Å². The number of hydrogen-bond donors (Lipinski definition) is 1. The Morgan fingerprint density at radius 3 is 2.44 bits per heavy atom. The second-order valence-corrected chi connectivity index (χ2v) is 9.95. The van der Waals surface area contributed by atoms with Gasteiger partial charge in [-0.25, -0.2) is 10.4 Å². The molecule has 0 saturated heterocycles. The Hall–Kier alpha value is -4.69. The molecule has 0 aliphatic carbocycles. The summed E-state index contributed by atoms with van der Waals surface area (Å²) in [6.45, 7) is 3.02. The standard InChI is InChI=1S/C31H25N5O2S/c1-2-35-27-15-9-7-12-23(27)25-18-21(16-17-28(25)35)19-32-34-29(37)20-39-31-33-26-14-8-6-13-24(26)30(38)36(31)22-10-4-3-5-11-22/h3-19H,2,20H2,1H3,(H,34,37). The Bertz CT molecular complexity index is 1930. The van der Waals surface area contributed by atoms with Gasteiger partial charge in [0, 0.05) is 28.4 Å². The van der Waals surface area contributed by atoms with Crippen LogP contribution in [0.1, 0.15) is 12.5 Å². The first-order chi connectivity index (χ1) is 19.1. The van der Waals surface area contributed by atoms with E-state index in [1.165, 1.54) is 28.2 Å². The van der Waals surface area contributed by atoms with Gasteiger partial charge in [-0.15, -0.1) is 0 Å². The van der Waals surface area contributed by atoms with Crippen molar-refractivity contribution < 1.29 is 4.79 Å². The Balaban J connectivity index is 1.21. The van der Waals surface area contributed by atoms with Crippen LogP contribution in [0, 0.1) is 0 Å². The monoisotopic (exact) mass is 531 g/mol. The zero-order valence-corrected chi connectivity index (χ0v) is 22.1. The van der Waals surface area contributed by atoms with Crippen LogP contribution in [0.2, 0.25) is 0 Å². The van der Waals surface area contributed by atoms with Crippen molar-refractivity contribution in [2.45, 2.75) is 18.6 Å². The van der Waals surface area contributed by atoms with Crippen molar-refractivity contribution in [1.82, 2.24) is 19.5 Å². The first kappa shape index (κ1) is 24.6. The molecule has 0 aliphatic rings. The third-order valence-electron chi connectivity index (χ3n) is 6.61. The number of benzene rings is 4. The van der Waals surface area contributed by atoms with Crippen LogP contribution in [0.3, 0.4) is 0 Å². The number of thioether (sulfide) groups is 1. The average Bonchev–Trinajstić information content (AvgIpc) is 3.29. The summed E-state index contributed by atoms with van der Waals surface area (Å²) < 4.78 is 3.84. The normalized spacial score (nSPS) is 11.6. The molecule has 0 radical (unpaired) electrons. The average molecular weight is 532 g/mol. The maximum absolute atomic E-state index is 13.3. The maximum Gasteiger partial charge on any atom is 0.266 e. The van der Waals surface area contributed by atoms with Gasteiger partial charge in [0.1, 0.15) is 0 Å². The lowest BCUT2D eigenvalue weighted by Gasteiger charge is -2.12. The minimum absolute atomic E-state index is 0.0535. The Morgan fingerprint density at radius 1 is 0.897 bits per heavy atom. The largest absolute Gasteiger partial charge is 0.341 e. The number of carbonyl (C=O) groups excluding carboxylic acids is 1. The van der Waals surface area contributed by atoms with Gasteiger partial charge in [0.15, 0.2) is 5.16 Å². The SMILES string of the molecule is CCn1c2ccccc2c2cc(C=NNC(=O)CSc3nc4ccccc4c(=O)n3-c3ccccc3)ccc21. The fourth-order valence-electron chi connectivity index (χ4n) is 4.85. The van der Waals surface area contributed by atoms with Gasteiger partial charge in [-0.2, -0.15) is 5.10 Å². The van der Waals surface area contributed by atoms with Gasteiger partial charge < -0.3 is 4.57 Å². The van der Waals surface area contributed by atoms with Crippen LogP contribution in [0.5, 0.6) is 0 Å². The summed E-state index contributed by atoms with van der Waals surface area (Å²) in [5.41, 5.74) is 6.98. The first-order valence-corrected chi connectivity index (χ1v) is 13.7. The van der Waals surface area contributed by atoms with Crippen LogP contribution < -0.4 is 11.0 Å². The molecule has 1 amide bonds. The second-order valence-electron chi connectivity index (χ2n) is 9.01. The summed E-state index contributed by atoms with van der Waals surface area (Å²) >= 11 is 1.20. The van der Waals surface area contributed by atoms with Crippen molar-refractivity contribution in [2.24, 2.45) is 5.10 Å². The number of nitrogens with one attached hydrogen (secondary N) is 1. The highest BCUT2D eigenvalue weighted by Gasteiger charge is 2.15. The van der Waals surface area contributed by atoms with Gasteiger partial charge in [0.05, 0.1) is 28.6 Å². The second kappa shape index (κ2) is 10.6. The number of aryl methyl sites for hydroxylation is 1. The molecule has 1 N–H and O–H groups in total. The van der Waals surface area contributed by atoms with E-state index in [0.29, 0.717) is 21.7 Å². The topological polar surface area (TPSA) is 81.3 Å². The Kier molecular flexibility index (Phi) is 6.69. The summed E-state index contributed by atoms with van der Waals surface area (Å²) in [4.78, 5) is 30.7. The third kappa shape index (κ3) is 4.70. The number of nitrogens with zero attached hydrogens (tertiary/aromatic N) is 4. The van der Waals surface area contributed by atoms with Crippen LogP contribution in [-0.2, 0) is 11.3 Å². The van der Waals surface area contributed by atoms with Gasteiger partial charge in [0.2, 0.25) is 0 Å². The van der Waals surface area contributed by atoms with E-state index in [0.717, 1.165) is 17.5 Å². The lowest BCUT2D eigenvalue weighted by Crippen LogP contribution is -2.24. The number of rotatable bonds is 7. The van der Waals surface area contributed by atoms with E-state index in [9.17, 15) is 9.59 Å². The quantitative estimate of drug-likeness (QED) is 0.123. The number of amides is 1. The highest BCUT2D eigenvalue weighted by Crippen LogP contribution is 2.29. The molecule has 2 heterocycles. The molecule has 0 atom stereocenters. The number of aromatic nitrogens is 3. The van der Waals surface area contributed by atoms with Gasteiger partial charge in [0.25, 0.3) is 11.5 Å². The zero-order chi connectivity index (χ0) is 26.8.